The van der Waals surface area contributed by atoms with E-state index in [-0.39, 0.29) is 17.0 Å². The molecule has 0 heterocycles. The highest BCUT2D eigenvalue weighted by molar-refractivity contribution is 4.50. The van der Waals surface area contributed by atoms with Gasteiger partial charge in [0.1, 0.15) is 0 Å². The number of hydrogen-bond donors (Lipinski definition) is 0. The lowest BCUT2D eigenvalue weighted by atomic mass is 10.1. The Morgan fingerprint density at radius 3 is 0.963 bits per heavy atom. The minimum Gasteiger partial charge on any atom is -1.00 e. The van der Waals surface area contributed by atoms with E-state index in [1.54, 1.807) is 0 Å². The third-order valence-electron chi connectivity index (χ3n) is 6.15. The summed E-state index contributed by atoms with van der Waals surface area (Å²) in [5.41, 5.74) is 0. The van der Waals surface area contributed by atoms with Crippen LogP contribution in [0.3, 0.4) is 0 Å². The van der Waals surface area contributed by atoms with Crippen LogP contribution in [0, 0.1) is 0 Å². The summed E-state index contributed by atoms with van der Waals surface area (Å²) in [6.45, 7) is 11.2. The molecule has 0 aromatic heterocycles. The molecule has 2 heteroatoms. The van der Waals surface area contributed by atoms with Gasteiger partial charge in [0.05, 0.1) is 26.7 Å². The molecule has 0 N–H and O–H groups in total. The van der Waals surface area contributed by atoms with Crippen LogP contribution in [0.4, 0.5) is 0 Å². The maximum atomic E-state index is 2.54. The summed E-state index contributed by atoms with van der Waals surface area (Å²) in [7, 11) is 2.54. The fraction of sp³-hybridized carbons (Fsp3) is 1.00. The molecule has 1 nitrogen and oxygen atoms in total. The summed E-state index contributed by atoms with van der Waals surface area (Å²) in [6, 6.07) is 0. The molecule has 0 bridgehead atoms. The first-order chi connectivity index (χ1) is 12.7. The Kier molecular flexibility index (Phi) is 24.9. The van der Waals surface area contributed by atoms with E-state index in [1.165, 1.54) is 140 Å². The van der Waals surface area contributed by atoms with Gasteiger partial charge < -0.3 is 21.5 Å². The molecule has 166 valence electrons. The van der Waals surface area contributed by atoms with E-state index in [4.69, 9.17) is 0 Å². The van der Waals surface area contributed by atoms with Crippen molar-refractivity contribution in [2.45, 2.75) is 136 Å². The van der Waals surface area contributed by atoms with Crippen LogP contribution in [0.1, 0.15) is 136 Å². The Morgan fingerprint density at radius 1 is 0.370 bits per heavy atom. The van der Waals surface area contributed by atoms with Crippen LogP contribution in [0.5, 0.6) is 0 Å². The fourth-order valence-electron chi connectivity index (χ4n) is 4.13. The van der Waals surface area contributed by atoms with Gasteiger partial charge in [-0.3, -0.25) is 0 Å². The van der Waals surface area contributed by atoms with Gasteiger partial charge in [0.25, 0.3) is 0 Å². The Hall–Kier alpha value is 0.440. The van der Waals surface area contributed by atoms with Crippen molar-refractivity contribution in [2.75, 3.05) is 26.7 Å². The zero-order chi connectivity index (χ0) is 19.3. The first-order valence-corrected chi connectivity index (χ1v) is 12.5. The van der Waals surface area contributed by atoms with Gasteiger partial charge in [0.15, 0.2) is 0 Å². The summed E-state index contributed by atoms with van der Waals surface area (Å²) >= 11 is 0. The quantitative estimate of drug-likeness (QED) is 0.160. The largest absolute Gasteiger partial charge is 1.00 e. The number of unbranched alkanes of at least 4 members (excludes halogenated alkanes) is 15. The van der Waals surface area contributed by atoms with Gasteiger partial charge in [-0.1, -0.05) is 104 Å². The molecule has 0 spiro atoms. The number of quaternary nitrogens is 1. The maximum absolute atomic E-state index is 2.54. The van der Waals surface area contributed by atoms with Crippen molar-refractivity contribution in [3.63, 3.8) is 0 Å². The van der Waals surface area contributed by atoms with E-state index >= 15 is 0 Å². The molecule has 0 aromatic carbocycles. The molecule has 0 aromatic rings. The lowest BCUT2D eigenvalue weighted by Crippen LogP contribution is -3.00. The SMILES string of the molecule is CCCCCCCCCC[N+](C)(CCCC)CCCCCCCCCC.[Br-]. The topological polar surface area (TPSA) is 0 Å². The molecule has 0 aliphatic heterocycles. The monoisotopic (exact) mass is 447 g/mol. The van der Waals surface area contributed by atoms with Crippen molar-refractivity contribution in [1.82, 2.24) is 0 Å². The molecule has 0 amide bonds. The Morgan fingerprint density at radius 2 is 0.630 bits per heavy atom. The summed E-state index contributed by atoms with van der Waals surface area (Å²) in [5, 5.41) is 0. The standard InChI is InChI=1S/C25H54N.BrH/c1-5-8-11-13-15-17-19-21-24-26(4,23-10-7-3)25-22-20-18-16-14-12-9-6-2;/h5-25H2,1-4H3;1H/q+1;/p-1. The zero-order valence-electron chi connectivity index (χ0n) is 19.7. The molecule has 0 aliphatic carbocycles. The fourth-order valence-corrected chi connectivity index (χ4v) is 4.13. The van der Waals surface area contributed by atoms with Gasteiger partial charge in [-0.25, -0.2) is 0 Å². The van der Waals surface area contributed by atoms with E-state index in [0.29, 0.717) is 0 Å². The van der Waals surface area contributed by atoms with Crippen LogP contribution in [0.15, 0.2) is 0 Å². The second-order valence-electron chi connectivity index (χ2n) is 9.09. The summed E-state index contributed by atoms with van der Waals surface area (Å²) < 4.78 is 1.35. The predicted octanol–water partition coefficient (Wildman–Crippen LogP) is 5.52. The summed E-state index contributed by atoms with van der Waals surface area (Å²) in [6.07, 6.45) is 25.9. The Balaban J connectivity index is 0. The lowest BCUT2D eigenvalue weighted by Gasteiger charge is -2.35. The van der Waals surface area contributed by atoms with Crippen LogP contribution >= 0.6 is 0 Å². The number of hydrogen-bond acceptors (Lipinski definition) is 0. The van der Waals surface area contributed by atoms with Gasteiger partial charge in [-0.15, -0.1) is 0 Å². The average molecular weight is 449 g/mol. The smallest absolute Gasteiger partial charge is 0.0784 e. The molecule has 0 radical (unpaired) electrons. The molecular formula is C25H54BrN. The highest BCUT2D eigenvalue weighted by Gasteiger charge is 2.19. The molecule has 0 fully saturated rings. The van der Waals surface area contributed by atoms with Crippen molar-refractivity contribution in [2.24, 2.45) is 0 Å². The molecule has 0 unspecified atom stereocenters. The molecule has 0 saturated carbocycles. The molecular weight excluding hydrogens is 394 g/mol. The van der Waals surface area contributed by atoms with Crippen molar-refractivity contribution < 1.29 is 21.5 Å². The summed E-state index contributed by atoms with van der Waals surface area (Å²) in [5.74, 6) is 0. The Bertz CT molecular complexity index is 247. The van der Waals surface area contributed by atoms with E-state index in [9.17, 15) is 0 Å². The van der Waals surface area contributed by atoms with E-state index in [0.717, 1.165) is 0 Å². The highest BCUT2D eigenvalue weighted by Crippen LogP contribution is 2.15. The van der Waals surface area contributed by atoms with Crippen LogP contribution < -0.4 is 17.0 Å². The van der Waals surface area contributed by atoms with Gasteiger partial charge >= 0.3 is 0 Å². The van der Waals surface area contributed by atoms with Crippen molar-refractivity contribution in [1.29, 1.82) is 0 Å². The minimum atomic E-state index is 0. The number of halogens is 1. The Labute approximate surface area is 184 Å². The molecule has 0 saturated heterocycles. The van der Waals surface area contributed by atoms with Crippen molar-refractivity contribution >= 4 is 0 Å². The zero-order valence-corrected chi connectivity index (χ0v) is 21.3. The molecule has 0 aliphatic rings. The minimum absolute atomic E-state index is 0. The van der Waals surface area contributed by atoms with E-state index < -0.39 is 0 Å². The van der Waals surface area contributed by atoms with Crippen molar-refractivity contribution in [3.05, 3.63) is 0 Å². The van der Waals surface area contributed by atoms with Crippen LogP contribution in [-0.4, -0.2) is 31.2 Å². The molecule has 0 atom stereocenters. The molecule has 0 rings (SSSR count). The first-order valence-electron chi connectivity index (χ1n) is 12.5. The third-order valence-corrected chi connectivity index (χ3v) is 6.15. The average Bonchev–Trinajstić information content (AvgIpc) is 2.64. The molecule has 27 heavy (non-hydrogen) atoms. The lowest BCUT2D eigenvalue weighted by molar-refractivity contribution is -0.910. The number of nitrogens with zero attached hydrogens (tertiary/aromatic N) is 1. The normalized spacial score (nSPS) is 11.6. The second kappa shape index (κ2) is 22.7. The van der Waals surface area contributed by atoms with Gasteiger partial charge in [0, 0.05) is 0 Å². The van der Waals surface area contributed by atoms with Crippen LogP contribution in [0.2, 0.25) is 0 Å². The maximum Gasteiger partial charge on any atom is 0.0784 e. The number of rotatable bonds is 21. The third kappa shape index (κ3) is 21.0. The first kappa shape index (κ1) is 29.6. The van der Waals surface area contributed by atoms with Gasteiger partial charge in [0.2, 0.25) is 0 Å². The van der Waals surface area contributed by atoms with Crippen LogP contribution in [0.25, 0.3) is 0 Å². The highest BCUT2D eigenvalue weighted by atomic mass is 79.9. The predicted molar refractivity (Wildman–Crippen MR) is 121 cm³/mol. The second-order valence-corrected chi connectivity index (χ2v) is 9.09. The summed E-state index contributed by atoms with van der Waals surface area (Å²) in [4.78, 5) is 0. The van der Waals surface area contributed by atoms with Crippen LogP contribution in [-0.2, 0) is 0 Å². The van der Waals surface area contributed by atoms with Crippen molar-refractivity contribution in [3.8, 4) is 0 Å². The van der Waals surface area contributed by atoms with E-state index in [1.807, 2.05) is 0 Å². The van der Waals surface area contributed by atoms with Gasteiger partial charge in [-0.2, -0.15) is 0 Å². The van der Waals surface area contributed by atoms with E-state index in [2.05, 4.69) is 27.8 Å². The van der Waals surface area contributed by atoms with Gasteiger partial charge in [-0.05, 0) is 32.1 Å².